The minimum Gasteiger partial charge on any atom is -0.300 e. The number of hydroxylamine groups is 2. The molecule has 0 unspecified atom stereocenters. The fraction of sp³-hybridized carbons (Fsp3) is 0.857. The van der Waals surface area contributed by atoms with E-state index in [2.05, 4.69) is 0 Å². The second kappa shape index (κ2) is 2.32. The van der Waals surface area contributed by atoms with Crippen LogP contribution in [0, 0.1) is 0 Å². The van der Waals surface area contributed by atoms with E-state index in [0.29, 0.717) is 6.04 Å². The van der Waals surface area contributed by atoms with Crippen LogP contribution in [0.25, 0.3) is 0 Å². The first-order chi connectivity index (χ1) is 4.90. The molecule has 3 nitrogen and oxygen atoms in total. The Morgan fingerprint density at radius 2 is 2.50 bits per heavy atom. The summed E-state index contributed by atoms with van der Waals surface area (Å²) >= 11 is 0. The zero-order valence-electron chi connectivity index (χ0n) is 5.82. The molecule has 0 radical (unpaired) electrons. The predicted molar refractivity (Wildman–Crippen MR) is 35.3 cm³/mol. The van der Waals surface area contributed by atoms with Gasteiger partial charge in [0.05, 0.1) is 0 Å². The van der Waals surface area contributed by atoms with Crippen molar-refractivity contribution in [3.63, 3.8) is 0 Å². The van der Waals surface area contributed by atoms with E-state index < -0.39 is 0 Å². The number of hydrogen-bond acceptors (Lipinski definition) is 3. The molecule has 0 spiro atoms. The minimum atomic E-state index is -0.148. The molecule has 2 rings (SSSR count). The van der Waals surface area contributed by atoms with Crippen molar-refractivity contribution in [1.29, 1.82) is 0 Å². The van der Waals surface area contributed by atoms with Crippen LogP contribution >= 0.6 is 0 Å². The molecular formula is C7H11NO2. The molecule has 10 heavy (non-hydrogen) atoms. The molecule has 2 fully saturated rings. The third-order valence-corrected chi connectivity index (χ3v) is 2.25. The lowest BCUT2D eigenvalue weighted by molar-refractivity contribution is -0.155. The molecule has 2 saturated heterocycles. The Morgan fingerprint density at radius 1 is 1.60 bits per heavy atom. The number of hydrogen-bond donors (Lipinski definition) is 0. The van der Waals surface area contributed by atoms with Gasteiger partial charge in [-0.2, -0.15) is 5.06 Å². The Balaban J connectivity index is 1.99. The number of carbonyl (C=O) groups excluding carboxylic acids is 1. The Bertz CT molecular complexity index is 137. The standard InChI is InChI=1S/C7H11NO2/c9-5-7-4-6-2-1-3-8(6)10-7/h5-7H,1-4H2/t6-,7+/m1/s1. The number of rotatable bonds is 1. The monoisotopic (exact) mass is 141 g/mol. The van der Waals surface area contributed by atoms with Crippen molar-refractivity contribution in [2.45, 2.75) is 31.4 Å². The highest BCUT2D eigenvalue weighted by Gasteiger charge is 2.36. The van der Waals surface area contributed by atoms with Crippen LogP contribution in [-0.4, -0.2) is 30.0 Å². The first-order valence-electron chi connectivity index (χ1n) is 3.79. The van der Waals surface area contributed by atoms with Crippen LogP contribution in [0.1, 0.15) is 19.3 Å². The average Bonchev–Trinajstić information content (AvgIpc) is 2.42. The topological polar surface area (TPSA) is 29.5 Å². The number of fused-ring (bicyclic) bond motifs is 1. The van der Waals surface area contributed by atoms with Crippen LogP contribution in [0.2, 0.25) is 0 Å². The highest BCUT2D eigenvalue weighted by atomic mass is 16.7. The second-order valence-electron chi connectivity index (χ2n) is 2.95. The molecule has 56 valence electrons. The molecule has 0 amide bonds. The summed E-state index contributed by atoms with van der Waals surface area (Å²) in [6, 6.07) is 0.537. The van der Waals surface area contributed by atoms with Gasteiger partial charge in [-0.25, -0.2) is 0 Å². The van der Waals surface area contributed by atoms with Crippen LogP contribution in [0.3, 0.4) is 0 Å². The highest BCUT2D eigenvalue weighted by Crippen LogP contribution is 2.28. The molecule has 2 heterocycles. The van der Waals surface area contributed by atoms with E-state index in [1.54, 1.807) is 0 Å². The largest absolute Gasteiger partial charge is 0.300 e. The molecule has 3 heteroatoms. The molecule has 0 aliphatic carbocycles. The van der Waals surface area contributed by atoms with Crippen molar-refractivity contribution in [1.82, 2.24) is 5.06 Å². The average molecular weight is 141 g/mol. The van der Waals surface area contributed by atoms with Crippen LogP contribution in [0.4, 0.5) is 0 Å². The fourth-order valence-corrected chi connectivity index (χ4v) is 1.75. The summed E-state index contributed by atoms with van der Waals surface area (Å²) < 4.78 is 0. The Kier molecular flexibility index (Phi) is 1.47. The molecule has 0 saturated carbocycles. The third-order valence-electron chi connectivity index (χ3n) is 2.25. The molecule has 0 bridgehead atoms. The molecule has 2 aliphatic heterocycles. The van der Waals surface area contributed by atoms with E-state index in [1.165, 1.54) is 12.8 Å². The van der Waals surface area contributed by atoms with Gasteiger partial charge in [-0.1, -0.05) is 0 Å². The maximum atomic E-state index is 10.3. The van der Waals surface area contributed by atoms with Gasteiger partial charge in [-0.15, -0.1) is 0 Å². The maximum absolute atomic E-state index is 10.3. The Morgan fingerprint density at radius 3 is 3.20 bits per heavy atom. The second-order valence-corrected chi connectivity index (χ2v) is 2.95. The van der Waals surface area contributed by atoms with E-state index in [-0.39, 0.29) is 6.10 Å². The molecule has 0 N–H and O–H groups in total. The van der Waals surface area contributed by atoms with Gasteiger partial charge in [0.15, 0.2) is 6.29 Å². The van der Waals surface area contributed by atoms with Crippen molar-refractivity contribution in [3.05, 3.63) is 0 Å². The molecular weight excluding hydrogens is 130 g/mol. The SMILES string of the molecule is O=C[C@@H]1C[C@H]2CCCN2O1. The van der Waals surface area contributed by atoms with E-state index in [0.717, 1.165) is 19.3 Å². The third kappa shape index (κ3) is 0.859. The molecule has 0 aromatic carbocycles. The summed E-state index contributed by atoms with van der Waals surface area (Å²) in [5, 5.41) is 1.96. The Hall–Kier alpha value is -0.410. The number of carbonyl (C=O) groups is 1. The summed E-state index contributed by atoms with van der Waals surface area (Å²) in [4.78, 5) is 15.6. The zero-order chi connectivity index (χ0) is 6.97. The summed E-state index contributed by atoms with van der Waals surface area (Å²) in [7, 11) is 0. The van der Waals surface area contributed by atoms with Crippen LogP contribution in [0.5, 0.6) is 0 Å². The summed E-state index contributed by atoms with van der Waals surface area (Å²) in [6.07, 6.45) is 4.08. The van der Waals surface area contributed by atoms with Crippen molar-refractivity contribution in [3.8, 4) is 0 Å². The van der Waals surface area contributed by atoms with Gasteiger partial charge in [0.1, 0.15) is 6.10 Å². The molecule has 2 aliphatic rings. The quantitative estimate of drug-likeness (QED) is 0.493. The molecule has 2 atom stereocenters. The molecule has 0 aromatic rings. The van der Waals surface area contributed by atoms with Gasteiger partial charge in [0.2, 0.25) is 0 Å². The van der Waals surface area contributed by atoms with Crippen LogP contribution < -0.4 is 0 Å². The highest BCUT2D eigenvalue weighted by molar-refractivity contribution is 5.56. The van der Waals surface area contributed by atoms with Gasteiger partial charge < -0.3 is 4.79 Å². The van der Waals surface area contributed by atoms with Crippen LogP contribution in [-0.2, 0) is 9.63 Å². The predicted octanol–water partition coefficient (Wildman–Crippen LogP) is 0.354. The van der Waals surface area contributed by atoms with Gasteiger partial charge >= 0.3 is 0 Å². The normalized spacial score (nSPS) is 40.0. The van der Waals surface area contributed by atoms with Crippen molar-refractivity contribution >= 4 is 6.29 Å². The fourth-order valence-electron chi connectivity index (χ4n) is 1.75. The Labute approximate surface area is 59.9 Å². The van der Waals surface area contributed by atoms with Gasteiger partial charge in [-0.05, 0) is 12.8 Å². The van der Waals surface area contributed by atoms with E-state index in [4.69, 9.17) is 4.84 Å². The van der Waals surface area contributed by atoms with Gasteiger partial charge in [0.25, 0.3) is 0 Å². The summed E-state index contributed by atoms with van der Waals surface area (Å²) in [5.74, 6) is 0. The van der Waals surface area contributed by atoms with Crippen LogP contribution in [0.15, 0.2) is 0 Å². The molecule has 0 aromatic heterocycles. The number of nitrogens with zero attached hydrogens (tertiary/aromatic N) is 1. The van der Waals surface area contributed by atoms with Crippen molar-refractivity contribution in [2.75, 3.05) is 6.54 Å². The van der Waals surface area contributed by atoms with Crippen molar-refractivity contribution in [2.24, 2.45) is 0 Å². The lowest BCUT2D eigenvalue weighted by Gasteiger charge is -2.11. The van der Waals surface area contributed by atoms with Gasteiger partial charge in [0, 0.05) is 19.0 Å². The minimum absolute atomic E-state index is 0.148. The number of aldehydes is 1. The smallest absolute Gasteiger partial charge is 0.150 e. The summed E-state index contributed by atoms with van der Waals surface area (Å²) in [5.41, 5.74) is 0. The van der Waals surface area contributed by atoms with Crippen molar-refractivity contribution < 1.29 is 9.63 Å². The van der Waals surface area contributed by atoms with E-state index >= 15 is 0 Å². The van der Waals surface area contributed by atoms with E-state index in [1.807, 2.05) is 5.06 Å². The van der Waals surface area contributed by atoms with E-state index in [9.17, 15) is 4.79 Å². The maximum Gasteiger partial charge on any atom is 0.150 e. The summed E-state index contributed by atoms with van der Waals surface area (Å²) in [6.45, 7) is 1.01. The lowest BCUT2D eigenvalue weighted by atomic mass is 10.1. The zero-order valence-corrected chi connectivity index (χ0v) is 5.82. The lowest BCUT2D eigenvalue weighted by Crippen LogP contribution is -2.21. The van der Waals surface area contributed by atoms with Gasteiger partial charge in [-0.3, -0.25) is 4.84 Å². The first-order valence-corrected chi connectivity index (χ1v) is 3.79. The first kappa shape index (κ1) is 6.31.